The van der Waals surface area contributed by atoms with Crippen molar-refractivity contribution in [2.24, 2.45) is 0 Å². The Morgan fingerprint density at radius 3 is 2.71 bits per heavy atom. The minimum Gasteiger partial charge on any atom is -0.459 e. The molecule has 1 aromatic heterocycles. The Hall–Kier alpha value is -1.33. The van der Waals surface area contributed by atoms with Crippen molar-refractivity contribution in [2.45, 2.75) is 19.9 Å². The Kier molecular flexibility index (Phi) is 4.31. The molecular formula is C18H18INO. The highest BCUT2D eigenvalue weighted by molar-refractivity contribution is 14.1. The van der Waals surface area contributed by atoms with Crippen molar-refractivity contribution >= 4 is 33.6 Å². The van der Waals surface area contributed by atoms with Crippen LogP contribution in [0, 0.1) is 10.5 Å². The molecule has 3 rings (SSSR count). The minimum absolute atomic E-state index is 0.0919. The molecule has 1 heterocycles. The molecular weight excluding hydrogens is 373 g/mol. The largest absolute Gasteiger partial charge is 0.459 e. The van der Waals surface area contributed by atoms with Gasteiger partial charge in [0, 0.05) is 8.96 Å². The molecule has 3 heteroatoms. The maximum absolute atomic E-state index is 6.07. The number of furan rings is 1. The van der Waals surface area contributed by atoms with E-state index in [2.05, 4.69) is 72.1 Å². The fraction of sp³-hybridized carbons (Fsp3) is 0.222. The molecule has 0 fully saturated rings. The maximum atomic E-state index is 6.07. The number of hydrogen-bond donors (Lipinski definition) is 1. The van der Waals surface area contributed by atoms with Crippen molar-refractivity contribution in [3.63, 3.8) is 0 Å². The number of nitrogens with one attached hydrogen (secondary N) is 1. The molecule has 0 saturated heterocycles. The molecule has 0 spiro atoms. The lowest BCUT2D eigenvalue weighted by Gasteiger charge is -2.18. The normalized spacial score (nSPS) is 12.7. The van der Waals surface area contributed by atoms with Crippen molar-refractivity contribution in [2.75, 3.05) is 6.54 Å². The van der Waals surface area contributed by atoms with E-state index in [0.29, 0.717) is 0 Å². The summed E-state index contributed by atoms with van der Waals surface area (Å²) in [5.74, 6) is 0.974. The Labute approximate surface area is 138 Å². The van der Waals surface area contributed by atoms with Crippen molar-refractivity contribution in [1.82, 2.24) is 5.32 Å². The van der Waals surface area contributed by atoms with E-state index in [4.69, 9.17) is 4.42 Å². The van der Waals surface area contributed by atoms with Crippen LogP contribution in [0.1, 0.15) is 29.9 Å². The van der Waals surface area contributed by atoms with Crippen molar-refractivity contribution < 1.29 is 4.42 Å². The molecule has 2 aromatic carbocycles. The Morgan fingerprint density at radius 2 is 1.95 bits per heavy atom. The lowest BCUT2D eigenvalue weighted by molar-refractivity contribution is 0.476. The molecule has 0 saturated carbocycles. The van der Waals surface area contributed by atoms with Gasteiger partial charge in [-0.3, -0.25) is 0 Å². The predicted octanol–water partition coefficient (Wildman–Crippen LogP) is 5.04. The molecule has 2 nitrogen and oxygen atoms in total. The van der Waals surface area contributed by atoms with Gasteiger partial charge in [-0.05, 0) is 59.3 Å². The van der Waals surface area contributed by atoms with Crippen LogP contribution in [0.25, 0.3) is 11.0 Å². The molecule has 0 radical (unpaired) electrons. The van der Waals surface area contributed by atoms with E-state index in [0.717, 1.165) is 23.3 Å². The van der Waals surface area contributed by atoms with Crippen LogP contribution in [-0.4, -0.2) is 6.54 Å². The SMILES string of the molecule is CCNC(c1cc2ccccc2o1)c1cccc(C)c1I. The first-order chi connectivity index (χ1) is 10.2. The van der Waals surface area contributed by atoms with Crippen LogP contribution in [0.2, 0.25) is 0 Å². The summed E-state index contributed by atoms with van der Waals surface area (Å²) in [6.45, 7) is 5.16. The third-order valence-corrected chi connectivity index (χ3v) is 5.14. The van der Waals surface area contributed by atoms with Gasteiger partial charge in [-0.2, -0.15) is 0 Å². The van der Waals surface area contributed by atoms with Crippen LogP contribution in [0.15, 0.2) is 52.9 Å². The second-order valence-corrected chi connectivity index (χ2v) is 6.23. The summed E-state index contributed by atoms with van der Waals surface area (Å²) >= 11 is 2.42. The zero-order valence-electron chi connectivity index (χ0n) is 12.2. The fourth-order valence-electron chi connectivity index (χ4n) is 2.61. The number of fused-ring (bicyclic) bond motifs is 1. The number of aryl methyl sites for hydroxylation is 1. The molecule has 0 bridgehead atoms. The van der Waals surface area contributed by atoms with Crippen LogP contribution < -0.4 is 5.32 Å². The fourth-order valence-corrected chi connectivity index (χ4v) is 3.28. The monoisotopic (exact) mass is 391 g/mol. The zero-order chi connectivity index (χ0) is 14.8. The average Bonchev–Trinajstić information content (AvgIpc) is 2.91. The quantitative estimate of drug-likeness (QED) is 0.630. The highest BCUT2D eigenvalue weighted by Crippen LogP contribution is 2.31. The van der Waals surface area contributed by atoms with Gasteiger partial charge in [-0.15, -0.1) is 0 Å². The van der Waals surface area contributed by atoms with Gasteiger partial charge in [-0.1, -0.05) is 43.3 Å². The van der Waals surface area contributed by atoms with Gasteiger partial charge < -0.3 is 9.73 Å². The van der Waals surface area contributed by atoms with Gasteiger partial charge in [0.25, 0.3) is 0 Å². The van der Waals surface area contributed by atoms with Gasteiger partial charge in [-0.25, -0.2) is 0 Å². The van der Waals surface area contributed by atoms with Crippen LogP contribution >= 0.6 is 22.6 Å². The molecule has 3 aromatic rings. The van der Waals surface area contributed by atoms with Crippen molar-refractivity contribution in [3.05, 3.63) is 69.0 Å². The summed E-state index contributed by atoms with van der Waals surface area (Å²) in [6, 6.07) is 16.8. The Bertz CT molecular complexity index is 730. The molecule has 0 aliphatic rings. The number of rotatable bonds is 4. The summed E-state index contributed by atoms with van der Waals surface area (Å²) in [4.78, 5) is 0. The summed E-state index contributed by atoms with van der Waals surface area (Å²) in [6.07, 6.45) is 0. The van der Waals surface area contributed by atoms with Gasteiger partial charge >= 0.3 is 0 Å². The highest BCUT2D eigenvalue weighted by atomic mass is 127. The van der Waals surface area contributed by atoms with Crippen LogP contribution in [0.4, 0.5) is 0 Å². The van der Waals surface area contributed by atoms with Gasteiger partial charge in [0.15, 0.2) is 0 Å². The molecule has 1 N–H and O–H groups in total. The Balaban J connectivity index is 2.10. The van der Waals surface area contributed by atoms with E-state index in [1.54, 1.807) is 0 Å². The Morgan fingerprint density at radius 1 is 1.14 bits per heavy atom. The lowest BCUT2D eigenvalue weighted by atomic mass is 10.0. The van der Waals surface area contributed by atoms with Gasteiger partial charge in [0.1, 0.15) is 11.3 Å². The second kappa shape index (κ2) is 6.20. The van der Waals surface area contributed by atoms with Crippen LogP contribution in [-0.2, 0) is 0 Å². The minimum atomic E-state index is 0.0919. The lowest BCUT2D eigenvalue weighted by Crippen LogP contribution is -2.22. The van der Waals surface area contributed by atoms with Gasteiger partial charge in [0.2, 0.25) is 0 Å². The standard InChI is InChI=1S/C18H18INO/c1-3-20-18(14-9-6-7-12(2)17(14)19)16-11-13-8-4-5-10-15(13)21-16/h4-11,18,20H,3H2,1-2H3. The maximum Gasteiger partial charge on any atom is 0.134 e. The molecule has 1 unspecified atom stereocenters. The van der Waals surface area contributed by atoms with E-state index in [1.165, 1.54) is 14.7 Å². The first-order valence-corrected chi connectivity index (χ1v) is 8.25. The smallest absolute Gasteiger partial charge is 0.134 e. The molecule has 0 aliphatic carbocycles. The molecule has 0 amide bonds. The highest BCUT2D eigenvalue weighted by Gasteiger charge is 2.20. The first kappa shape index (κ1) is 14.6. The average molecular weight is 391 g/mol. The van der Waals surface area contributed by atoms with E-state index in [9.17, 15) is 0 Å². The number of hydrogen-bond acceptors (Lipinski definition) is 2. The molecule has 21 heavy (non-hydrogen) atoms. The third-order valence-electron chi connectivity index (χ3n) is 3.67. The van der Waals surface area contributed by atoms with E-state index < -0.39 is 0 Å². The molecule has 1 atom stereocenters. The van der Waals surface area contributed by atoms with E-state index >= 15 is 0 Å². The second-order valence-electron chi connectivity index (χ2n) is 5.16. The predicted molar refractivity (Wildman–Crippen MR) is 95.6 cm³/mol. The van der Waals surface area contributed by atoms with Crippen LogP contribution in [0.3, 0.4) is 0 Å². The van der Waals surface area contributed by atoms with E-state index in [1.807, 2.05) is 18.2 Å². The molecule has 108 valence electrons. The third kappa shape index (κ3) is 2.85. The summed E-state index contributed by atoms with van der Waals surface area (Å²) in [7, 11) is 0. The van der Waals surface area contributed by atoms with Gasteiger partial charge in [0.05, 0.1) is 6.04 Å². The molecule has 0 aliphatic heterocycles. The van der Waals surface area contributed by atoms with Crippen molar-refractivity contribution in [1.29, 1.82) is 0 Å². The first-order valence-electron chi connectivity index (χ1n) is 7.17. The number of para-hydroxylation sites is 1. The summed E-state index contributed by atoms with van der Waals surface area (Å²) < 4.78 is 7.36. The summed E-state index contributed by atoms with van der Waals surface area (Å²) in [5, 5.41) is 4.70. The number of halogens is 1. The zero-order valence-corrected chi connectivity index (χ0v) is 14.3. The number of benzene rings is 2. The van der Waals surface area contributed by atoms with E-state index in [-0.39, 0.29) is 6.04 Å². The summed E-state index contributed by atoms with van der Waals surface area (Å²) in [5.41, 5.74) is 3.52. The van der Waals surface area contributed by atoms with Crippen molar-refractivity contribution in [3.8, 4) is 0 Å². The van der Waals surface area contributed by atoms with Crippen LogP contribution in [0.5, 0.6) is 0 Å². The topological polar surface area (TPSA) is 25.2 Å².